The lowest BCUT2D eigenvalue weighted by Crippen LogP contribution is -2.25. The maximum Gasteiger partial charge on any atom is 0.0344 e. The second-order valence-corrected chi connectivity index (χ2v) is 6.81. The van der Waals surface area contributed by atoms with Crippen LogP contribution in [0.5, 0.6) is 0 Å². The van der Waals surface area contributed by atoms with Gasteiger partial charge < -0.3 is 5.32 Å². The van der Waals surface area contributed by atoms with Gasteiger partial charge in [0.05, 0.1) is 0 Å². The Labute approximate surface area is 100 Å². The number of nitrogens with one attached hydrogen (secondary N) is 1. The predicted molar refractivity (Wildman–Crippen MR) is 73.0 cm³/mol. The zero-order valence-electron chi connectivity index (χ0n) is 11.5. The topological polar surface area (TPSA) is 12.0 Å². The molecule has 0 aliphatic heterocycles. The van der Waals surface area contributed by atoms with E-state index in [0.717, 1.165) is 6.42 Å². The molecule has 1 heteroatoms. The number of hydrogen-bond donors (Lipinski definition) is 1. The average molecular weight is 219 g/mol. The maximum absolute atomic E-state index is 3.47. The minimum atomic E-state index is 0.130. The van der Waals surface area contributed by atoms with Crippen LogP contribution in [0, 0.1) is 5.41 Å². The molecule has 0 saturated carbocycles. The summed E-state index contributed by atoms with van der Waals surface area (Å²) in [6.07, 6.45) is 1.13. The van der Waals surface area contributed by atoms with Crippen molar-refractivity contribution in [3.63, 3.8) is 0 Å². The molecule has 0 saturated heterocycles. The van der Waals surface area contributed by atoms with E-state index in [0.29, 0.717) is 5.41 Å². The molecule has 0 amide bonds. The highest BCUT2D eigenvalue weighted by Gasteiger charge is 2.12. The zero-order chi connectivity index (χ0) is 12.4. The Kier molecular flexibility index (Phi) is 3.67. The molecule has 0 aromatic heterocycles. The van der Waals surface area contributed by atoms with Gasteiger partial charge >= 0.3 is 0 Å². The first-order valence-electron chi connectivity index (χ1n) is 6.03. The van der Waals surface area contributed by atoms with Gasteiger partial charge in [0.1, 0.15) is 0 Å². The van der Waals surface area contributed by atoms with Gasteiger partial charge in [0, 0.05) is 11.2 Å². The second kappa shape index (κ2) is 4.48. The molecule has 0 fully saturated rings. The van der Waals surface area contributed by atoms with Crippen molar-refractivity contribution in [1.29, 1.82) is 0 Å². The Morgan fingerprint density at radius 3 is 1.75 bits per heavy atom. The summed E-state index contributed by atoms with van der Waals surface area (Å²) in [7, 11) is 0. The van der Waals surface area contributed by atoms with E-state index in [1.54, 1.807) is 0 Å². The zero-order valence-corrected chi connectivity index (χ0v) is 11.5. The van der Waals surface area contributed by atoms with E-state index in [9.17, 15) is 0 Å². The predicted octanol–water partition coefficient (Wildman–Crippen LogP) is 4.49. The van der Waals surface area contributed by atoms with Crippen molar-refractivity contribution >= 4 is 5.69 Å². The summed E-state index contributed by atoms with van der Waals surface area (Å²) < 4.78 is 0. The molecule has 1 aromatic rings. The summed E-state index contributed by atoms with van der Waals surface area (Å²) in [5, 5.41) is 3.47. The molecule has 0 heterocycles. The first-order valence-corrected chi connectivity index (χ1v) is 6.03. The third-order valence-electron chi connectivity index (χ3n) is 2.21. The van der Waals surface area contributed by atoms with Crippen molar-refractivity contribution in [2.75, 3.05) is 5.32 Å². The third kappa shape index (κ3) is 5.20. The highest BCUT2D eigenvalue weighted by atomic mass is 14.9. The van der Waals surface area contributed by atoms with Crippen molar-refractivity contribution in [3.05, 3.63) is 29.8 Å². The van der Waals surface area contributed by atoms with Crippen LogP contribution in [0.4, 0.5) is 5.69 Å². The van der Waals surface area contributed by atoms with Crippen molar-refractivity contribution in [1.82, 2.24) is 0 Å². The Balaban J connectivity index is 2.69. The molecule has 0 spiro atoms. The van der Waals surface area contributed by atoms with Crippen molar-refractivity contribution in [3.8, 4) is 0 Å². The molecule has 1 nitrogen and oxygen atoms in total. The highest BCUT2D eigenvalue weighted by Crippen LogP contribution is 2.22. The van der Waals surface area contributed by atoms with Crippen molar-refractivity contribution in [2.45, 2.75) is 53.5 Å². The van der Waals surface area contributed by atoms with E-state index < -0.39 is 0 Å². The summed E-state index contributed by atoms with van der Waals surface area (Å²) in [4.78, 5) is 0. The molecule has 16 heavy (non-hydrogen) atoms. The van der Waals surface area contributed by atoms with Crippen LogP contribution in [0.15, 0.2) is 24.3 Å². The molecule has 0 aliphatic rings. The monoisotopic (exact) mass is 219 g/mol. The summed E-state index contributed by atoms with van der Waals surface area (Å²) in [5.74, 6) is 0. The molecule has 1 aromatic carbocycles. The smallest absolute Gasteiger partial charge is 0.0344 e. The summed E-state index contributed by atoms with van der Waals surface area (Å²) in [6.45, 7) is 13.3. The fraction of sp³-hybridized carbons (Fsp3) is 0.600. The van der Waals surface area contributed by atoms with Gasteiger partial charge in [-0.15, -0.1) is 0 Å². The maximum atomic E-state index is 3.47. The fourth-order valence-corrected chi connectivity index (χ4v) is 1.75. The SMILES string of the molecule is CC(C)(C)Cc1ccc(NC(C)(C)C)cc1. The van der Waals surface area contributed by atoms with Gasteiger partial charge in [-0.2, -0.15) is 0 Å². The Morgan fingerprint density at radius 1 is 0.875 bits per heavy atom. The van der Waals surface area contributed by atoms with Crippen LogP contribution in [0.3, 0.4) is 0 Å². The minimum Gasteiger partial charge on any atom is -0.380 e. The molecule has 0 aliphatic carbocycles. The Hall–Kier alpha value is -0.980. The molecule has 0 bridgehead atoms. The molecule has 0 atom stereocenters. The van der Waals surface area contributed by atoms with Crippen LogP contribution in [-0.4, -0.2) is 5.54 Å². The first-order chi connectivity index (χ1) is 7.16. The van der Waals surface area contributed by atoms with Crippen molar-refractivity contribution < 1.29 is 0 Å². The molecule has 1 N–H and O–H groups in total. The van der Waals surface area contributed by atoms with Gasteiger partial charge in [0.2, 0.25) is 0 Å². The third-order valence-corrected chi connectivity index (χ3v) is 2.21. The summed E-state index contributed by atoms with van der Waals surface area (Å²) >= 11 is 0. The van der Waals surface area contributed by atoms with E-state index in [2.05, 4.69) is 71.1 Å². The molecule has 1 rings (SSSR count). The molecular formula is C15H25N. The Bertz CT molecular complexity index is 287. The van der Waals surface area contributed by atoms with Crippen LogP contribution in [0.2, 0.25) is 0 Å². The van der Waals surface area contributed by atoms with Crippen LogP contribution in [0.25, 0.3) is 0 Å². The van der Waals surface area contributed by atoms with E-state index in [-0.39, 0.29) is 5.54 Å². The lowest BCUT2D eigenvalue weighted by atomic mass is 9.88. The normalized spacial score (nSPS) is 12.6. The lowest BCUT2D eigenvalue weighted by molar-refractivity contribution is 0.411. The second-order valence-electron chi connectivity index (χ2n) is 6.81. The quantitative estimate of drug-likeness (QED) is 0.773. The minimum absolute atomic E-state index is 0.130. The molecule has 90 valence electrons. The van der Waals surface area contributed by atoms with Gasteiger partial charge in [-0.05, 0) is 50.3 Å². The van der Waals surface area contributed by atoms with E-state index in [1.807, 2.05) is 0 Å². The van der Waals surface area contributed by atoms with E-state index in [1.165, 1.54) is 11.3 Å². The average Bonchev–Trinajstić information content (AvgIpc) is 2.03. The largest absolute Gasteiger partial charge is 0.380 e. The first kappa shape index (κ1) is 13.1. The van der Waals surface area contributed by atoms with Crippen LogP contribution in [0.1, 0.15) is 47.1 Å². The highest BCUT2D eigenvalue weighted by molar-refractivity contribution is 5.46. The van der Waals surface area contributed by atoms with E-state index in [4.69, 9.17) is 0 Å². The van der Waals surface area contributed by atoms with E-state index >= 15 is 0 Å². The Morgan fingerprint density at radius 2 is 1.38 bits per heavy atom. The van der Waals surface area contributed by atoms with Crippen molar-refractivity contribution in [2.24, 2.45) is 5.41 Å². The lowest BCUT2D eigenvalue weighted by Gasteiger charge is -2.23. The van der Waals surface area contributed by atoms with Crippen LogP contribution in [-0.2, 0) is 6.42 Å². The van der Waals surface area contributed by atoms with Crippen LogP contribution < -0.4 is 5.32 Å². The number of rotatable bonds is 2. The van der Waals surface area contributed by atoms with Crippen LogP contribution >= 0.6 is 0 Å². The standard InChI is InChI=1S/C15H25N/c1-14(2,3)11-12-7-9-13(10-8-12)16-15(4,5)6/h7-10,16H,11H2,1-6H3. The summed E-state index contributed by atoms with van der Waals surface area (Å²) in [6, 6.07) is 8.79. The fourth-order valence-electron chi connectivity index (χ4n) is 1.75. The molecule has 0 unspecified atom stereocenters. The number of anilines is 1. The van der Waals surface area contributed by atoms with Gasteiger partial charge in [0.15, 0.2) is 0 Å². The molecule has 0 radical (unpaired) electrons. The number of hydrogen-bond acceptors (Lipinski definition) is 1. The van der Waals surface area contributed by atoms with Gasteiger partial charge in [-0.25, -0.2) is 0 Å². The summed E-state index contributed by atoms with van der Waals surface area (Å²) in [5.41, 5.74) is 3.10. The number of benzene rings is 1. The molecular weight excluding hydrogens is 194 g/mol. The van der Waals surface area contributed by atoms with Gasteiger partial charge in [-0.1, -0.05) is 32.9 Å². The van der Waals surface area contributed by atoms with Gasteiger partial charge in [0.25, 0.3) is 0 Å². The van der Waals surface area contributed by atoms with Gasteiger partial charge in [-0.3, -0.25) is 0 Å².